The second-order valence-electron chi connectivity index (χ2n) is 3.73. The molecule has 0 aliphatic rings. The zero-order valence-corrected chi connectivity index (χ0v) is 9.74. The normalized spacial score (nSPS) is 12.7. The van der Waals surface area contributed by atoms with Gasteiger partial charge in [-0.2, -0.15) is 0 Å². The van der Waals surface area contributed by atoms with Crippen LogP contribution in [0.3, 0.4) is 0 Å². The van der Waals surface area contributed by atoms with E-state index < -0.39 is 0 Å². The van der Waals surface area contributed by atoms with Crippen LogP contribution in [0.4, 0.5) is 0 Å². The van der Waals surface area contributed by atoms with Crippen LogP contribution in [0.2, 0.25) is 5.02 Å². The number of benzene rings is 1. The maximum absolute atomic E-state index is 6.05. The number of oxazole rings is 1. The molecule has 3 nitrogen and oxygen atoms in total. The van der Waals surface area contributed by atoms with Gasteiger partial charge in [0.25, 0.3) is 0 Å². The van der Waals surface area contributed by atoms with Crippen molar-refractivity contribution in [1.29, 1.82) is 0 Å². The molecule has 0 saturated carbocycles. The summed E-state index contributed by atoms with van der Waals surface area (Å²) in [4.78, 5) is 4.20. The number of nitrogens with zero attached hydrogens (tertiary/aromatic N) is 1. The van der Waals surface area contributed by atoms with Gasteiger partial charge in [0, 0.05) is 5.02 Å². The lowest BCUT2D eigenvalue weighted by molar-refractivity contribution is 0.448. The number of hydrogen-bond acceptors (Lipinski definition) is 3. The molecule has 1 aromatic heterocycles. The smallest absolute Gasteiger partial charge is 0.211 e. The van der Waals surface area contributed by atoms with Gasteiger partial charge in [-0.05, 0) is 25.0 Å². The summed E-state index contributed by atoms with van der Waals surface area (Å²) in [6, 6.07) is 7.39. The van der Waals surface area contributed by atoms with Crippen molar-refractivity contribution in [3.05, 3.63) is 52.7 Å². The lowest BCUT2D eigenvalue weighted by Gasteiger charge is -2.08. The van der Waals surface area contributed by atoms with Crippen molar-refractivity contribution in [3.8, 4) is 0 Å². The van der Waals surface area contributed by atoms with Crippen LogP contribution in [-0.4, -0.2) is 4.98 Å². The maximum Gasteiger partial charge on any atom is 0.211 e. The van der Waals surface area contributed by atoms with Gasteiger partial charge in [-0.1, -0.05) is 29.8 Å². The van der Waals surface area contributed by atoms with Crippen molar-refractivity contribution < 1.29 is 4.42 Å². The second-order valence-corrected chi connectivity index (χ2v) is 4.14. The molecule has 0 spiro atoms. The third kappa shape index (κ3) is 2.43. The fourth-order valence-electron chi connectivity index (χ4n) is 1.53. The number of halogens is 1. The van der Waals surface area contributed by atoms with Crippen LogP contribution in [0.15, 0.2) is 34.9 Å². The SMILES string of the molecule is Cc1coc(C(N)Cc2ccccc2Cl)n1. The number of aryl methyl sites for hydroxylation is 1. The molecule has 0 fully saturated rings. The average molecular weight is 237 g/mol. The predicted octanol–water partition coefficient (Wildman–Crippen LogP) is 2.88. The van der Waals surface area contributed by atoms with E-state index in [1.165, 1.54) is 0 Å². The monoisotopic (exact) mass is 236 g/mol. The van der Waals surface area contributed by atoms with Gasteiger partial charge in [0.2, 0.25) is 5.89 Å². The standard InChI is InChI=1S/C12H13ClN2O/c1-8-7-16-12(15-8)11(14)6-9-4-2-3-5-10(9)13/h2-5,7,11H,6,14H2,1H3. The van der Waals surface area contributed by atoms with Crippen molar-refractivity contribution in [2.45, 2.75) is 19.4 Å². The molecule has 0 saturated heterocycles. The first-order valence-electron chi connectivity index (χ1n) is 5.08. The quantitative estimate of drug-likeness (QED) is 0.892. The summed E-state index contributed by atoms with van der Waals surface area (Å²) in [6.07, 6.45) is 2.22. The van der Waals surface area contributed by atoms with E-state index in [1.807, 2.05) is 31.2 Å². The molecule has 4 heteroatoms. The van der Waals surface area contributed by atoms with Crippen molar-refractivity contribution in [3.63, 3.8) is 0 Å². The third-order valence-electron chi connectivity index (χ3n) is 2.35. The Morgan fingerprint density at radius 1 is 1.44 bits per heavy atom. The molecule has 2 aromatic rings. The third-order valence-corrected chi connectivity index (χ3v) is 2.72. The van der Waals surface area contributed by atoms with Crippen molar-refractivity contribution in [2.24, 2.45) is 5.73 Å². The Balaban J connectivity index is 2.13. The fraction of sp³-hybridized carbons (Fsp3) is 0.250. The number of aromatic nitrogens is 1. The molecule has 1 unspecified atom stereocenters. The molecular formula is C12H13ClN2O. The van der Waals surface area contributed by atoms with Gasteiger partial charge in [0.15, 0.2) is 0 Å². The Bertz CT molecular complexity index is 481. The highest BCUT2D eigenvalue weighted by Gasteiger charge is 2.13. The van der Waals surface area contributed by atoms with E-state index >= 15 is 0 Å². The van der Waals surface area contributed by atoms with E-state index in [-0.39, 0.29) is 6.04 Å². The molecule has 0 amide bonds. The first-order valence-corrected chi connectivity index (χ1v) is 5.45. The van der Waals surface area contributed by atoms with Crippen LogP contribution in [0.1, 0.15) is 23.2 Å². The summed E-state index contributed by atoms with van der Waals surface area (Å²) in [5.74, 6) is 0.553. The molecule has 0 aliphatic heterocycles. The van der Waals surface area contributed by atoms with Crippen LogP contribution in [0.25, 0.3) is 0 Å². The van der Waals surface area contributed by atoms with E-state index in [1.54, 1.807) is 6.26 Å². The Hall–Kier alpha value is -1.32. The predicted molar refractivity (Wildman–Crippen MR) is 63.3 cm³/mol. The summed E-state index contributed by atoms with van der Waals surface area (Å²) in [6.45, 7) is 1.87. The number of nitrogens with two attached hydrogens (primary N) is 1. The van der Waals surface area contributed by atoms with Gasteiger partial charge in [-0.25, -0.2) is 4.98 Å². The summed E-state index contributed by atoms with van der Waals surface area (Å²) in [5, 5.41) is 0.723. The summed E-state index contributed by atoms with van der Waals surface area (Å²) < 4.78 is 5.26. The van der Waals surface area contributed by atoms with Crippen molar-refractivity contribution in [1.82, 2.24) is 4.98 Å². The average Bonchev–Trinajstić information content (AvgIpc) is 2.68. The Morgan fingerprint density at radius 3 is 2.81 bits per heavy atom. The molecule has 16 heavy (non-hydrogen) atoms. The highest BCUT2D eigenvalue weighted by Crippen LogP contribution is 2.21. The van der Waals surface area contributed by atoms with Crippen LogP contribution in [0.5, 0.6) is 0 Å². The Labute approximate surface area is 99.2 Å². The van der Waals surface area contributed by atoms with Gasteiger partial charge >= 0.3 is 0 Å². The highest BCUT2D eigenvalue weighted by atomic mass is 35.5. The molecule has 0 bridgehead atoms. The molecule has 0 radical (unpaired) electrons. The van der Waals surface area contributed by atoms with Crippen LogP contribution in [-0.2, 0) is 6.42 Å². The Kier molecular flexibility index (Phi) is 3.27. The van der Waals surface area contributed by atoms with E-state index in [0.717, 1.165) is 16.3 Å². The summed E-state index contributed by atoms with van der Waals surface area (Å²) in [7, 11) is 0. The van der Waals surface area contributed by atoms with Gasteiger partial charge in [0.05, 0.1) is 11.7 Å². The first kappa shape index (κ1) is 11.2. The number of hydrogen-bond donors (Lipinski definition) is 1. The van der Waals surface area contributed by atoms with Gasteiger partial charge < -0.3 is 10.2 Å². The first-order chi connectivity index (χ1) is 7.66. The van der Waals surface area contributed by atoms with Gasteiger partial charge in [0.1, 0.15) is 6.26 Å². The minimum atomic E-state index is -0.256. The van der Waals surface area contributed by atoms with Crippen LogP contribution < -0.4 is 5.73 Å². The zero-order chi connectivity index (χ0) is 11.5. The second kappa shape index (κ2) is 4.68. The van der Waals surface area contributed by atoms with Crippen LogP contribution in [0, 0.1) is 6.92 Å². The lowest BCUT2D eigenvalue weighted by atomic mass is 10.1. The maximum atomic E-state index is 6.05. The molecule has 2 N–H and O–H groups in total. The van der Waals surface area contributed by atoms with Crippen molar-refractivity contribution in [2.75, 3.05) is 0 Å². The molecule has 84 valence electrons. The number of rotatable bonds is 3. The highest BCUT2D eigenvalue weighted by molar-refractivity contribution is 6.31. The minimum absolute atomic E-state index is 0.256. The molecule has 1 heterocycles. The minimum Gasteiger partial charge on any atom is -0.447 e. The molecule has 1 aromatic carbocycles. The van der Waals surface area contributed by atoms with Crippen molar-refractivity contribution >= 4 is 11.6 Å². The topological polar surface area (TPSA) is 52.0 Å². The summed E-state index contributed by atoms with van der Waals surface area (Å²) >= 11 is 6.05. The van der Waals surface area contributed by atoms with E-state index in [0.29, 0.717) is 12.3 Å². The molecule has 0 aliphatic carbocycles. The molecule has 1 atom stereocenters. The zero-order valence-electron chi connectivity index (χ0n) is 8.98. The van der Waals surface area contributed by atoms with Gasteiger partial charge in [-0.3, -0.25) is 0 Å². The van der Waals surface area contributed by atoms with E-state index in [2.05, 4.69) is 4.98 Å². The van der Waals surface area contributed by atoms with Gasteiger partial charge in [-0.15, -0.1) is 0 Å². The summed E-state index contributed by atoms with van der Waals surface area (Å²) in [5.41, 5.74) is 7.84. The van der Waals surface area contributed by atoms with E-state index in [9.17, 15) is 0 Å². The fourth-order valence-corrected chi connectivity index (χ4v) is 1.74. The molecular weight excluding hydrogens is 224 g/mol. The van der Waals surface area contributed by atoms with Crippen LogP contribution >= 0.6 is 11.6 Å². The Morgan fingerprint density at radius 2 is 2.19 bits per heavy atom. The largest absolute Gasteiger partial charge is 0.447 e. The molecule has 2 rings (SSSR count). The lowest BCUT2D eigenvalue weighted by Crippen LogP contribution is -2.14. The van der Waals surface area contributed by atoms with E-state index in [4.69, 9.17) is 21.8 Å².